The second-order valence-corrected chi connectivity index (χ2v) is 8.06. The smallest absolute Gasteiger partial charge is 0.309 e. The van der Waals surface area contributed by atoms with Gasteiger partial charge in [0.25, 0.3) is 0 Å². The molecule has 4 rings (SSSR count). The van der Waals surface area contributed by atoms with E-state index in [9.17, 15) is 14.0 Å². The Hall–Kier alpha value is -3.37. The number of anilines is 1. The van der Waals surface area contributed by atoms with Gasteiger partial charge in [0.05, 0.1) is 18.3 Å². The van der Waals surface area contributed by atoms with Gasteiger partial charge in [-0.1, -0.05) is 18.2 Å². The van der Waals surface area contributed by atoms with Crippen molar-refractivity contribution >= 4 is 17.5 Å². The lowest BCUT2D eigenvalue weighted by atomic mass is 10.0. The molecule has 2 aromatic carbocycles. The van der Waals surface area contributed by atoms with E-state index < -0.39 is 11.8 Å². The van der Waals surface area contributed by atoms with E-state index in [1.54, 1.807) is 12.1 Å². The Morgan fingerprint density at radius 2 is 1.76 bits per heavy atom. The summed E-state index contributed by atoms with van der Waals surface area (Å²) in [6, 6.07) is 12.2. The van der Waals surface area contributed by atoms with Gasteiger partial charge in [-0.25, -0.2) is 4.39 Å². The number of halogens is 1. The number of piperazine rings is 1. The van der Waals surface area contributed by atoms with Crippen LogP contribution in [0.4, 0.5) is 10.1 Å². The maximum absolute atomic E-state index is 14.2. The Balaban J connectivity index is 1.44. The third-order valence-electron chi connectivity index (χ3n) is 5.98. The molecule has 1 saturated heterocycles. The van der Waals surface area contributed by atoms with Crippen molar-refractivity contribution in [2.45, 2.75) is 6.04 Å². The quantitative estimate of drug-likeness (QED) is 0.442. The minimum Gasteiger partial charge on any atom is -0.454 e. The first-order valence-corrected chi connectivity index (χ1v) is 11.2. The number of carbonyl (C=O) groups is 2. The molecule has 2 aliphatic rings. The number of benzene rings is 2. The molecule has 182 valence electrons. The van der Waals surface area contributed by atoms with Gasteiger partial charge in [-0.3, -0.25) is 14.5 Å². The largest absolute Gasteiger partial charge is 0.454 e. The van der Waals surface area contributed by atoms with Gasteiger partial charge in [-0.2, -0.15) is 0 Å². The predicted molar refractivity (Wildman–Crippen MR) is 123 cm³/mol. The molecular weight excluding hydrogens is 443 g/mol. The van der Waals surface area contributed by atoms with Gasteiger partial charge >= 0.3 is 11.8 Å². The van der Waals surface area contributed by atoms with Crippen LogP contribution in [0.2, 0.25) is 0 Å². The van der Waals surface area contributed by atoms with E-state index in [2.05, 4.69) is 15.5 Å². The molecule has 2 aliphatic heterocycles. The van der Waals surface area contributed by atoms with Crippen LogP contribution in [0.15, 0.2) is 42.5 Å². The van der Waals surface area contributed by atoms with Gasteiger partial charge in [0, 0.05) is 46.4 Å². The summed E-state index contributed by atoms with van der Waals surface area (Å²) in [7, 11) is 1.52. The summed E-state index contributed by atoms with van der Waals surface area (Å²) in [6.45, 7) is 3.56. The Morgan fingerprint density at radius 1 is 1.03 bits per heavy atom. The minimum absolute atomic E-state index is 0.170. The monoisotopic (exact) mass is 472 g/mol. The molecule has 34 heavy (non-hydrogen) atoms. The lowest BCUT2D eigenvalue weighted by Gasteiger charge is -2.40. The Bertz CT molecular complexity index is 1010. The van der Waals surface area contributed by atoms with E-state index in [1.165, 1.54) is 13.2 Å². The maximum atomic E-state index is 14.2. The number of fused-ring (bicyclic) bond motifs is 1. The van der Waals surface area contributed by atoms with Crippen molar-refractivity contribution in [3.8, 4) is 11.5 Å². The average Bonchev–Trinajstić information content (AvgIpc) is 3.33. The van der Waals surface area contributed by atoms with Crippen LogP contribution in [-0.4, -0.2) is 76.5 Å². The van der Waals surface area contributed by atoms with Gasteiger partial charge in [0.2, 0.25) is 6.79 Å². The molecule has 10 heteroatoms. The molecule has 0 aromatic heterocycles. The van der Waals surface area contributed by atoms with Gasteiger partial charge in [-0.15, -0.1) is 0 Å². The van der Waals surface area contributed by atoms with Gasteiger partial charge in [-0.05, 0) is 29.8 Å². The van der Waals surface area contributed by atoms with Crippen LogP contribution in [0, 0.1) is 5.82 Å². The third-order valence-corrected chi connectivity index (χ3v) is 5.98. The molecule has 0 bridgehead atoms. The third kappa shape index (κ3) is 5.57. The van der Waals surface area contributed by atoms with E-state index in [1.807, 2.05) is 29.2 Å². The standard InChI is InChI=1S/C24H29FN4O5/c1-32-13-8-26-23(30)24(31)27-15-20(17-6-7-21-22(14-17)34-16-33-21)29-11-9-28(10-12-29)19-5-3-2-4-18(19)25/h2-7,14,20H,8-13,15-16H2,1H3,(H,26,30)(H,27,31). The van der Waals surface area contributed by atoms with E-state index in [0.29, 0.717) is 50.0 Å². The molecule has 0 aliphatic carbocycles. The van der Waals surface area contributed by atoms with E-state index in [-0.39, 0.29) is 31.7 Å². The summed E-state index contributed by atoms with van der Waals surface area (Å²) >= 11 is 0. The highest BCUT2D eigenvalue weighted by atomic mass is 19.1. The van der Waals surface area contributed by atoms with E-state index >= 15 is 0 Å². The first-order valence-electron chi connectivity index (χ1n) is 11.2. The zero-order chi connectivity index (χ0) is 23.9. The SMILES string of the molecule is COCCNC(=O)C(=O)NCC(c1ccc2c(c1)OCO2)N1CCN(c2ccccc2F)CC1. The van der Waals surface area contributed by atoms with Crippen molar-refractivity contribution in [2.24, 2.45) is 0 Å². The van der Waals surface area contributed by atoms with Crippen LogP contribution in [0.5, 0.6) is 11.5 Å². The summed E-state index contributed by atoms with van der Waals surface area (Å²) in [4.78, 5) is 28.6. The minimum atomic E-state index is -0.703. The van der Waals surface area contributed by atoms with Crippen molar-refractivity contribution in [3.63, 3.8) is 0 Å². The summed E-state index contributed by atoms with van der Waals surface area (Å²) in [6.07, 6.45) is 0. The number of carbonyl (C=O) groups excluding carboxylic acids is 2. The molecule has 1 fully saturated rings. The van der Waals surface area contributed by atoms with Crippen molar-refractivity contribution in [1.82, 2.24) is 15.5 Å². The molecule has 2 N–H and O–H groups in total. The number of nitrogens with zero attached hydrogens (tertiary/aromatic N) is 2. The summed E-state index contributed by atoms with van der Waals surface area (Å²) in [5.74, 6) is -0.322. The molecule has 2 aromatic rings. The number of nitrogens with one attached hydrogen (secondary N) is 2. The number of amides is 2. The Labute approximate surface area is 197 Å². The average molecular weight is 473 g/mol. The Kier molecular flexibility index (Phi) is 7.81. The van der Waals surface area contributed by atoms with Gasteiger partial charge in [0.15, 0.2) is 11.5 Å². The molecule has 2 heterocycles. The summed E-state index contributed by atoms with van der Waals surface area (Å²) in [5.41, 5.74) is 1.52. The number of para-hydroxylation sites is 1. The Morgan fingerprint density at radius 3 is 2.53 bits per heavy atom. The van der Waals surface area contributed by atoms with Crippen LogP contribution in [0.3, 0.4) is 0 Å². The maximum Gasteiger partial charge on any atom is 0.309 e. The topological polar surface area (TPSA) is 92.4 Å². The van der Waals surface area contributed by atoms with Crippen molar-refractivity contribution in [1.29, 1.82) is 0 Å². The number of ether oxygens (including phenoxy) is 3. The fraction of sp³-hybridized carbons (Fsp3) is 0.417. The molecular formula is C24H29FN4O5. The van der Waals surface area contributed by atoms with E-state index in [4.69, 9.17) is 14.2 Å². The summed E-state index contributed by atoms with van der Waals surface area (Å²) in [5, 5.41) is 5.27. The fourth-order valence-corrected chi connectivity index (χ4v) is 4.18. The zero-order valence-corrected chi connectivity index (χ0v) is 19.1. The molecule has 1 unspecified atom stereocenters. The summed E-state index contributed by atoms with van der Waals surface area (Å²) < 4.78 is 30.1. The predicted octanol–water partition coefficient (Wildman–Crippen LogP) is 1.30. The second kappa shape index (κ2) is 11.2. The highest BCUT2D eigenvalue weighted by molar-refractivity contribution is 6.35. The number of methoxy groups -OCH3 is 1. The van der Waals surface area contributed by atoms with Gasteiger partial charge in [0.1, 0.15) is 5.82 Å². The van der Waals surface area contributed by atoms with Crippen molar-refractivity contribution in [3.05, 3.63) is 53.8 Å². The molecule has 0 saturated carbocycles. The van der Waals surface area contributed by atoms with E-state index in [0.717, 1.165) is 5.56 Å². The number of hydrogen-bond acceptors (Lipinski definition) is 7. The zero-order valence-electron chi connectivity index (χ0n) is 19.1. The van der Waals surface area contributed by atoms with Crippen LogP contribution in [0.1, 0.15) is 11.6 Å². The molecule has 0 radical (unpaired) electrons. The van der Waals surface area contributed by atoms with Crippen LogP contribution >= 0.6 is 0 Å². The lowest BCUT2D eigenvalue weighted by Crippen LogP contribution is -2.51. The van der Waals surface area contributed by atoms with Crippen molar-refractivity contribution < 1.29 is 28.2 Å². The number of hydrogen-bond donors (Lipinski definition) is 2. The van der Waals surface area contributed by atoms with Gasteiger partial charge < -0.3 is 29.7 Å². The normalized spacial score (nSPS) is 16.2. The first-order chi connectivity index (χ1) is 16.6. The molecule has 9 nitrogen and oxygen atoms in total. The lowest BCUT2D eigenvalue weighted by molar-refractivity contribution is -0.139. The molecule has 2 amide bonds. The van der Waals surface area contributed by atoms with Crippen LogP contribution in [0.25, 0.3) is 0 Å². The second-order valence-electron chi connectivity index (χ2n) is 8.06. The molecule has 0 spiro atoms. The van der Waals surface area contributed by atoms with Crippen molar-refractivity contribution in [2.75, 3.05) is 64.7 Å². The molecule has 1 atom stereocenters. The fourth-order valence-electron chi connectivity index (χ4n) is 4.18. The highest BCUT2D eigenvalue weighted by Crippen LogP contribution is 2.36. The first kappa shape index (κ1) is 23.8. The van der Waals surface area contributed by atoms with Crippen LogP contribution in [-0.2, 0) is 14.3 Å². The number of rotatable bonds is 8. The van der Waals surface area contributed by atoms with Crippen LogP contribution < -0.4 is 25.0 Å². The highest BCUT2D eigenvalue weighted by Gasteiger charge is 2.28.